The number of ether oxygens (including phenoxy) is 1. The summed E-state index contributed by atoms with van der Waals surface area (Å²) in [5.41, 5.74) is 0.795. The molecule has 3 nitrogen and oxygen atoms in total. The average molecular weight is 293 g/mol. The molecule has 1 heterocycles. The Hall–Kier alpha value is -0.900. The first-order chi connectivity index (χ1) is 8.06. The predicted octanol–water partition coefficient (Wildman–Crippen LogP) is 4.52. The van der Waals surface area contributed by atoms with Gasteiger partial charge in [-0.05, 0) is 13.0 Å². The molecule has 1 aromatic carbocycles. The van der Waals surface area contributed by atoms with Gasteiger partial charge in [-0.1, -0.05) is 40.0 Å². The van der Waals surface area contributed by atoms with Gasteiger partial charge in [-0.25, -0.2) is 0 Å². The van der Waals surface area contributed by atoms with Crippen LogP contribution >= 0.6 is 34.8 Å². The maximum atomic E-state index is 5.96. The molecule has 6 heteroatoms. The van der Waals surface area contributed by atoms with Crippen molar-refractivity contribution in [2.75, 3.05) is 0 Å². The van der Waals surface area contributed by atoms with Crippen molar-refractivity contribution in [3.63, 3.8) is 0 Å². The summed E-state index contributed by atoms with van der Waals surface area (Å²) in [5.74, 6) is 1.07. The molecule has 0 aliphatic heterocycles. The lowest BCUT2D eigenvalue weighted by Gasteiger charge is -2.07. The molecule has 0 fully saturated rings. The first-order valence-corrected chi connectivity index (χ1v) is 5.89. The number of aromatic nitrogens is 1. The molecule has 0 saturated heterocycles. The Balaban J connectivity index is 2.11. The summed E-state index contributed by atoms with van der Waals surface area (Å²) in [6, 6.07) is 4.88. The van der Waals surface area contributed by atoms with Crippen LogP contribution in [0.25, 0.3) is 0 Å². The van der Waals surface area contributed by atoms with Crippen LogP contribution in [0, 0.1) is 6.92 Å². The zero-order chi connectivity index (χ0) is 12.4. The highest BCUT2D eigenvalue weighted by molar-refractivity contribution is 6.43. The second-order valence-electron chi connectivity index (χ2n) is 3.42. The van der Waals surface area contributed by atoms with Crippen molar-refractivity contribution < 1.29 is 9.26 Å². The van der Waals surface area contributed by atoms with Gasteiger partial charge >= 0.3 is 0 Å². The predicted molar refractivity (Wildman–Crippen MR) is 67.0 cm³/mol. The number of halogens is 3. The summed E-state index contributed by atoms with van der Waals surface area (Å²) >= 11 is 17.6. The van der Waals surface area contributed by atoms with Gasteiger partial charge in [-0.2, -0.15) is 0 Å². The van der Waals surface area contributed by atoms with Crippen LogP contribution in [0.1, 0.15) is 11.5 Å². The van der Waals surface area contributed by atoms with Gasteiger partial charge in [0.05, 0.1) is 20.8 Å². The van der Waals surface area contributed by atoms with Crippen LogP contribution in [0.4, 0.5) is 0 Å². The summed E-state index contributed by atoms with van der Waals surface area (Å²) in [6.45, 7) is 2.07. The number of benzene rings is 1. The van der Waals surface area contributed by atoms with Crippen molar-refractivity contribution in [1.29, 1.82) is 0 Å². The summed E-state index contributed by atoms with van der Waals surface area (Å²) in [7, 11) is 0. The third-order valence-electron chi connectivity index (χ3n) is 2.02. The maximum Gasteiger partial charge on any atom is 0.174 e. The quantitative estimate of drug-likeness (QED) is 0.780. The molecule has 0 radical (unpaired) electrons. The Morgan fingerprint density at radius 3 is 2.47 bits per heavy atom. The molecule has 0 saturated carbocycles. The lowest BCUT2D eigenvalue weighted by Crippen LogP contribution is -1.94. The SMILES string of the molecule is Cc1cc(COc2cc(Cl)c(Cl)cc2Cl)on1. The van der Waals surface area contributed by atoms with Crippen LogP contribution < -0.4 is 4.74 Å². The van der Waals surface area contributed by atoms with Crippen molar-refractivity contribution in [2.45, 2.75) is 13.5 Å². The van der Waals surface area contributed by atoms with Gasteiger partial charge < -0.3 is 9.26 Å². The molecule has 90 valence electrons. The highest BCUT2D eigenvalue weighted by Gasteiger charge is 2.08. The van der Waals surface area contributed by atoms with Crippen LogP contribution in [-0.2, 0) is 6.61 Å². The monoisotopic (exact) mass is 291 g/mol. The van der Waals surface area contributed by atoms with E-state index >= 15 is 0 Å². The Bertz CT molecular complexity index is 540. The van der Waals surface area contributed by atoms with E-state index in [2.05, 4.69) is 5.16 Å². The van der Waals surface area contributed by atoms with E-state index in [1.54, 1.807) is 12.1 Å². The maximum absolute atomic E-state index is 5.96. The Morgan fingerprint density at radius 1 is 1.12 bits per heavy atom. The molecule has 2 aromatic rings. The molecular weight excluding hydrogens is 284 g/mol. The van der Waals surface area contributed by atoms with Crippen LogP contribution in [0.3, 0.4) is 0 Å². The Morgan fingerprint density at radius 2 is 1.82 bits per heavy atom. The van der Waals surface area contributed by atoms with Crippen LogP contribution in [-0.4, -0.2) is 5.16 Å². The highest BCUT2D eigenvalue weighted by Crippen LogP contribution is 2.34. The average Bonchev–Trinajstić information content (AvgIpc) is 2.68. The van der Waals surface area contributed by atoms with Crippen molar-refractivity contribution in [1.82, 2.24) is 5.16 Å². The summed E-state index contributed by atoms with van der Waals surface area (Å²) < 4.78 is 10.5. The molecule has 0 aliphatic carbocycles. The minimum atomic E-state index is 0.235. The van der Waals surface area contributed by atoms with E-state index in [-0.39, 0.29) is 6.61 Å². The van der Waals surface area contributed by atoms with Gasteiger partial charge in [0.1, 0.15) is 12.4 Å². The molecule has 0 amide bonds. The van der Waals surface area contributed by atoms with Crippen molar-refractivity contribution in [3.05, 3.63) is 44.7 Å². The molecule has 0 atom stereocenters. The normalized spacial score (nSPS) is 10.6. The first kappa shape index (κ1) is 12.6. The van der Waals surface area contributed by atoms with Gasteiger partial charge in [0.25, 0.3) is 0 Å². The fraction of sp³-hybridized carbons (Fsp3) is 0.182. The number of aryl methyl sites for hydroxylation is 1. The zero-order valence-electron chi connectivity index (χ0n) is 8.84. The third-order valence-corrected chi connectivity index (χ3v) is 3.04. The molecule has 0 unspecified atom stereocenters. The largest absolute Gasteiger partial charge is 0.484 e. The van der Waals surface area contributed by atoms with E-state index < -0.39 is 0 Å². The summed E-state index contributed by atoms with van der Waals surface area (Å²) in [6.07, 6.45) is 0. The van der Waals surface area contributed by atoms with E-state index in [0.717, 1.165) is 5.69 Å². The van der Waals surface area contributed by atoms with E-state index in [0.29, 0.717) is 26.6 Å². The van der Waals surface area contributed by atoms with Gasteiger partial charge in [0.15, 0.2) is 5.76 Å². The van der Waals surface area contributed by atoms with Crippen molar-refractivity contribution in [2.24, 2.45) is 0 Å². The van der Waals surface area contributed by atoms with E-state index in [4.69, 9.17) is 44.1 Å². The number of hydrogen-bond acceptors (Lipinski definition) is 3. The van der Waals surface area contributed by atoms with E-state index in [1.165, 1.54) is 6.07 Å². The van der Waals surface area contributed by atoms with Crippen molar-refractivity contribution in [3.8, 4) is 5.75 Å². The number of hydrogen-bond donors (Lipinski definition) is 0. The molecule has 1 aromatic heterocycles. The topological polar surface area (TPSA) is 35.3 Å². The first-order valence-electron chi connectivity index (χ1n) is 4.76. The van der Waals surface area contributed by atoms with Crippen LogP contribution in [0.5, 0.6) is 5.75 Å². The summed E-state index contributed by atoms with van der Waals surface area (Å²) in [4.78, 5) is 0. The second-order valence-corrected chi connectivity index (χ2v) is 4.64. The van der Waals surface area contributed by atoms with Gasteiger partial charge in [0.2, 0.25) is 0 Å². The minimum Gasteiger partial charge on any atom is -0.484 e. The fourth-order valence-corrected chi connectivity index (χ4v) is 1.84. The molecule has 17 heavy (non-hydrogen) atoms. The molecule has 0 N–H and O–H groups in total. The minimum absolute atomic E-state index is 0.235. The lowest BCUT2D eigenvalue weighted by atomic mass is 10.3. The summed E-state index contributed by atoms with van der Waals surface area (Å²) in [5, 5.41) is 4.92. The van der Waals surface area contributed by atoms with Gasteiger partial charge in [0, 0.05) is 12.1 Å². The standard InChI is InChI=1S/C11H8Cl3NO2/c1-6-2-7(17-15-6)5-16-11-4-9(13)8(12)3-10(11)14/h2-4H,5H2,1H3. The van der Waals surface area contributed by atoms with E-state index in [9.17, 15) is 0 Å². The highest BCUT2D eigenvalue weighted by atomic mass is 35.5. The molecular formula is C11H8Cl3NO2. The van der Waals surface area contributed by atoms with Gasteiger partial charge in [-0.15, -0.1) is 0 Å². The van der Waals surface area contributed by atoms with Crippen molar-refractivity contribution >= 4 is 34.8 Å². The Kier molecular flexibility index (Phi) is 3.82. The Labute approximate surface area is 113 Å². The van der Waals surface area contributed by atoms with E-state index in [1.807, 2.05) is 6.92 Å². The molecule has 0 aliphatic rings. The molecule has 0 bridgehead atoms. The van der Waals surface area contributed by atoms with Gasteiger partial charge in [-0.3, -0.25) is 0 Å². The molecule has 0 spiro atoms. The van der Waals surface area contributed by atoms with Crippen LogP contribution in [0.2, 0.25) is 15.1 Å². The smallest absolute Gasteiger partial charge is 0.174 e. The third kappa shape index (κ3) is 3.06. The fourth-order valence-electron chi connectivity index (χ4n) is 1.25. The lowest BCUT2D eigenvalue weighted by molar-refractivity contribution is 0.249. The number of nitrogens with zero attached hydrogens (tertiary/aromatic N) is 1. The van der Waals surface area contributed by atoms with Crippen LogP contribution in [0.15, 0.2) is 22.7 Å². The zero-order valence-corrected chi connectivity index (χ0v) is 11.1. The second kappa shape index (κ2) is 5.17. The number of rotatable bonds is 3. The molecule has 2 rings (SSSR count).